The molecule has 5 rings (SSSR count). The average Bonchev–Trinajstić information content (AvgIpc) is 3.36. The molecule has 158 valence electrons. The van der Waals surface area contributed by atoms with Crippen molar-refractivity contribution in [2.45, 2.75) is 39.7 Å². The molecule has 0 radical (unpaired) electrons. The number of hydrogen-bond acceptors (Lipinski definition) is 6. The normalized spacial score (nSPS) is 19.9. The number of nitrogens with zero attached hydrogens (tertiary/aromatic N) is 1. The van der Waals surface area contributed by atoms with Crippen LogP contribution < -0.4 is 23.7 Å². The van der Waals surface area contributed by atoms with Gasteiger partial charge in [0.15, 0.2) is 11.5 Å². The van der Waals surface area contributed by atoms with Gasteiger partial charge in [0.25, 0.3) is 0 Å². The molecule has 2 atom stereocenters. The Morgan fingerprint density at radius 3 is 2.60 bits per heavy atom. The molecule has 7 nitrogen and oxygen atoms in total. The second-order valence-electron chi connectivity index (χ2n) is 7.76. The van der Waals surface area contributed by atoms with E-state index in [1.54, 1.807) is 4.90 Å². The molecule has 0 saturated heterocycles. The first-order valence-corrected chi connectivity index (χ1v) is 10.4. The lowest BCUT2D eigenvalue weighted by molar-refractivity contribution is 0.136. The number of hydrogen-bond donors (Lipinski definition) is 0. The van der Waals surface area contributed by atoms with Crippen LogP contribution in [0.1, 0.15) is 48.1 Å². The van der Waals surface area contributed by atoms with Gasteiger partial charge in [0.1, 0.15) is 23.4 Å². The highest BCUT2D eigenvalue weighted by Gasteiger charge is 2.44. The van der Waals surface area contributed by atoms with Gasteiger partial charge in [0, 0.05) is 35.3 Å². The Hall–Kier alpha value is -3.09. The van der Waals surface area contributed by atoms with Gasteiger partial charge >= 0.3 is 6.09 Å². The summed E-state index contributed by atoms with van der Waals surface area (Å²) in [5.41, 5.74) is 3.81. The maximum absolute atomic E-state index is 12.4. The minimum Gasteiger partial charge on any atom is -0.492 e. The highest BCUT2D eigenvalue weighted by atomic mass is 16.7. The van der Waals surface area contributed by atoms with Crippen molar-refractivity contribution in [3.05, 3.63) is 40.5 Å². The highest BCUT2D eigenvalue weighted by Crippen LogP contribution is 2.57. The van der Waals surface area contributed by atoms with Crippen LogP contribution in [0.15, 0.2) is 18.2 Å². The lowest BCUT2D eigenvalue weighted by Crippen LogP contribution is -2.33. The second kappa shape index (κ2) is 7.00. The van der Waals surface area contributed by atoms with E-state index in [0.29, 0.717) is 25.4 Å². The summed E-state index contributed by atoms with van der Waals surface area (Å²) < 4.78 is 29.4. The van der Waals surface area contributed by atoms with Crippen LogP contribution in [0.3, 0.4) is 0 Å². The van der Waals surface area contributed by atoms with Crippen molar-refractivity contribution in [3.63, 3.8) is 0 Å². The van der Waals surface area contributed by atoms with Gasteiger partial charge in [-0.3, -0.25) is 0 Å². The summed E-state index contributed by atoms with van der Waals surface area (Å²) in [5, 5.41) is 0. The van der Waals surface area contributed by atoms with Gasteiger partial charge in [-0.1, -0.05) is 0 Å². The molecule has 0 bridgehead atoms. The van der Waals surface area contributed by atoms with Gasteiger partial charge in [-0.05, 0) is 45.9 Å². The van der Waals surface area contributed by atoms with Crippen LogP contribution in [0.5, 0.6) is 28.7 Å². The Morgan fingerprint density at radius 1 is 1.03 bits per heavy atom. The zero-order valence-corrected chi connectivity index (χ0v) is 17.6. The third-order valence-corrected chi connectivity index (χ3v) is 6.20. The molecule has 0 aromatic heterocycles. The lowest BCUT2D eigenvalue weighted by Gasteiger charge is -2.29. The minimum atomic E-state index is -0.355. The smallest absolute Gasteiger partial charge is 0.415 e. The molecule has 0 N–H and O–H groups in total. The number of carbonyl (C=O) groups excluding carboxylic acids is 1. The Balaban J connectivity index is 1.47. The summed E-state index contributed by atoms with van der Waals surface area (Å²) in [6.45, 7) is 9.68. The molecule has 0 spiro atoms. The number of amides is 1. The summed E-state index contributed by atoms with van der Waals surface area (Å²) >= 11 is 0. The van der Waals surface area contributed by atoms with E-state index in [1.807, 2.05) is 45.9 Å². The quantitative estimate of drug-likeness (QED) is 0.742. The molecule has 3 heterocycles. The fraction of sp³-hybridized carbons (Fsp3) is 0.435. The average molecular weight is 411 g/mol. The van der Waals surface area contributed by atoms with Crippen LogP contribution >= 0.6 is 0 Å². The van der Waals surface area contributed by atoms with E-state index < -0.39 is 0 Å². The summed E-state index contributed by atoms with van der Waals surface area (Å²) in [6.07, 6.45) is -0.511. The Labute approximate surface area is 175 Å². The van der Waals surface area contributed by atoms with Gasteiger partial charge in [0.05, 0.1) is 12.5 Å². The first kappa shape index (κ1) is 18.9. The monoisotopic (exact) mass is 411 g/mol. The van der Waals surface area contributed by atoms with Gasteiger partial charge < -0.3 is 28.6 Å². The largest absolute Gasteiger partial charge is 0.492 e. The lowest BCUT2D eigenvalue weighted by atomic mass is 9.87. The molecular weight excluding hydrogens is 386 g/mol. The summed E-state index contributed by atoms with van der Waals surface area (Å²) in [6, 6.07) is 5.77. The first-order chi connectivity index (χ1) is 14.5. The fourth-order valence-electron chi connectivity index (χ4n) is 4.51. The number of rotatable bonds is 3. The van der Waals surface area contributed by atoms with E-state index >= 15 is 0 Å². The van der Waals surface area contributed by atoms with Crippen molar-refractivity contribution < 1.29 is 28.5 Å². The topological polar surface area (TPSA) is 66.5 Å². The van der Waals surface area contributed by atoms with Crippen molar-refractivity contribution in [3.8, 4) is 28.7 Å². The molecule has 0 aliphatic carbocycles. The highest BCUT2D eigenvalue weighted by molar-refractivity contribution is 5.72. The SMILES string of the molecule is CCN(CC)C(=O)Oc1ccc2c(c1C)OC[C@H]1c3cc4c(c(C)c3O[C@@H]21)OCO4. The van der Waals surface area contributed by atoms with E-state index in [4.69, 9.17) is 23.7 Å². The summed E-state index contributed by atoms with van der Waals surface area (Å²) in [4.78, 5) is 14.0. The first-order valence-electron chi connectivity index (χ1n) is 10.4. The van der Waals surface area contributed by atoms with Crippen LogP contribution in [0, 0.1) is 13.8 Å². The van der Waals surface area contributed by atoms with Gasteiger partial charge in [0.2, 0.25) is 6.79 Å². The third kappa shape index (κ3) is 2.68. The van der Waals surface area contributed by atoms with E-state index in [2.05, 4.69) is 0 Å². The van der Waals surface area contributed by atoms with Crippen LogP contribution in [-0.4, -0.2) is 37.5 Å². The van der Waals surface area contributed by atoms with Crippen LogP contribution in [0.4, 0.5) is 4.79 Å². The van der Waals surface area contributed by atoms with Crippen molar-refractivity contribution in [2.24, 2.45) is 0 Å². The molecule has 3 aliphatic rings. The number of carbonyl (C=O) groups is 1. The molecule has 7 heteroatoms. The summed E-state index contributed by atoms with van der Waals surface area (Å²) in [5.74, 6) is 3.67. The molecule has 2 aromatic carbocycles. The van der Waals surface area contributed by atoms with Crippen molar-refractivity contribution in [1.82, 2.24) is 4.90 Å². The summed E-state index contributed by atoms with van der Waals surface area (Å²) in [7, 11) is 0. The number of benzene rings is 2. The molecular formula is C23H25NO6. The molecule has 0 unspecified atom stereocenters. The van der Waals surface area contributed by atoms with E-state index in [1.165, 1.54) is 0 Å². The number of fused-ring (bicyclic) bond motifs is 6. The molecule has 0 fully saturated rings. The molecule has 0 saturated carbocycles. The zero-order chi connectivity index (χ0) is 21.0. The Bertz CT molecular complexity index is 1030. The zero-order valence-electron chi connectivity index (χ0n) is 17.6. The van der Waals surface area contributed by atoms with E-state index in [0.717, 1.165) is 45.3 Å². The standard InChI is InChI=1S/C23H25NO6/c1-5-24(6-2)23(25)29-17-8-7-14-19(12(17)3)26-10-16-15-9-18-21(28-11-27-18)13(4)20(15)30-22(14)16/h7-9,16,22H,5-6,10-11H2,1-4H3/t16-,22-/m0/s1. The van der Waals surface area contributed by atoms with Crippen molar-refractivity contribution in [2.75, 3.05) is 26.5 Å². The van der Waals surface area contributed by atoms with Gasteiger partial charge in [-0.25, -0.2) is 4.79 Å². The van der Waals surface area contributed by atoms with Crippen LogP contribution in [-0.2, 0) is 0 Å². The Morgan fingerprint density at radius 2 is 1.83 bits per heavy atom. The molecule has 2 aromatic rings. The van der Waals surface area contributed by atoms with Gasteiger partial charge in [-0.2, -0.15) is 0 Å². The minimum absolute atomic E-state index is 0.0733. The van der Waals surface area contributed by atoms with E-state index in [-0.39, 0.29) is 24.9 Å². The predicted octanol–water partition coefficient (Wildman–Crippen LogP) is 4.48. The Kier molecular flexibility index (Phi) is 4.41. The second-order valence-corrected chi connectivity index (χ2v) is 7.76. The van der Waals surface area contributed by atoms with Crippen LogP contribution in [0.25, 0.3) is 0 Å². The van der Waals surface area contributed by atoms with E-state index in [9.17, 15) is 4.79 Å². The molecule has 3 aliphatic heterocycles. The van der Waals surface area contributed by atoms with Crippen molar-refractivity contribution in [1.29, 1.82) is 0 Å². The predicted molar refractivity (Wildman–Crippen MR) is 109 cm³/mol. The van der Waals surface area contributed by atoms with Crippen LogP contribution in [0.2, 0.25) is 0 Å². The fourth-order valence-corrected chi connectivity index (χ4v) is 4.51. The van der Waals surface area contributed by atoms with Gasteiger partial charge in [-0.15, -0.1) is 0 Å². The third-order valence-electron chi connectivity index (χ3n) is 6.20. The van der Waals surface area contributed by atoms with Crippen molar-refractivity contribution >= 4 is 6.09 Å². The molecule has 30 heavy (non-hydrogen) atoms. The molecule has 1 amide bonds. The maximum Gasteiger partial charge on any atom is 0.415 e. The number of ether oxygens (including phenoxy) is 5. The maximum atomic E-state index is 12.4.